The molecule has 31 heavy (non-hydrogen) atoms. The van der Waals surface area contributed by atoms with Crippen molar-refractivity contribution in [1.82, 2.24) is 19.2 Å². The second kappa shape index (κ2) is 8.85. The maximum Gasteiger partial charge on any atom is 0.243 e. The summed E-state index contributed by atoms with van der Waals surface area (Å²) in [6, 6.07) is 5.47. The molecule has 0 unspecified atom stereocenters. The molecule has 3 heterocycles. The van der Waals surface area contributed by atoms with E-state index < -0.39 is 15.8 Å². The molecule has 1 aromatic heterocycles. The van der Waals surface area contributed by atoms with Gasteiger partial charge in [0.25, 0.3) is 0 Å². The summed E-state index contributed by atoms with van der Waals surface area (Å²) in [5.74, 6) is 0.889. The van der Waals surface area contributed by atoms with E-state index in [1.165, 1.54) is 10.4 Å². The molecule has 168 valence electrons. The smallest absolute Gasteiger partial charge is 0.243 e. The van der Waals surface area contributed by atoms with Crippen molar-refractivity contribution in [2.75, 3.05) is 69.2 Å². The van der Waals surface area contributed by atoms with E-state index >= 15 is 0 Å². The molecule has 11 heteroatoms. The summed E-state index contributed by atoms with van der Waals surface area (Å²) in [5.41, 5.74) is 0.884. The molecule has 0 saturated carbocycles. The molecule has 0 atom stereocenters. The van der Waals surface area contributed by atoms with Crippen LogP contribution >= 0.6 is 11.6 Å². The van der Waals surface area contributed by atoms with Crippen LogP contribution in [0.25, 0.3) is 0 Å². The molecule has 8 nitrogen and oxygen atoms in total. The van der Waals surface area contributed by atoms with Gasteiger partial charge in [0.2, 0.25) is 16.0 Å². The maximum atomic E-state index is 13.4. The zero-order valence-electron chi connectivity index (χ0n) is 17.6. The molecule has 0 spiro atoms. The summed E-state index contributed by atoms with van der Waals surface area (Å²) < 4.78 is 40.7. The first-order chi connectivity index (χ1) is 14.7. The number of halogens is 2. The van der Waals surface area contributed by atoms with Crippen LogP contribution in [0.5, 0.6) is 0 Å². The molecule has 0 amide bonds. The van der Waals surface area contributed by atoms with Gasteiger partial charge in [-0.25, -0.2) is 17.8 Å². The maximum absolute atomic E-state index is 13.4. The number of piperazine rings is 2. The number of sulfonamides is 1. The van der Waals surface area contributed by atoms with E-state index in [1.54, 1.807) is 0 Å². The summed E-state index contributed by atoms with van der Waals surface area (Å²) in [6.45, 7) is 7.28. The van der Waals surface area contributed by atoms with Gasteiger partial charge in [0.15, 0.2) is 0 Å². The summed E-state index contributed by atoms with van der Waals surface area (Å²) in [6.07, 6.45) is 0. The molecule has 2 saturated heterocycles. The van der Waals surface area contributed by atoms with E-state index in [9.17, 15) is 12.8 Å². The molecule has 2 aromatic rings. The standard InChI is InChI=1S/C20H26ClFN6O2S/c1-15-13-19(26-7-5-25(2)6-8-26)24-20(23-15)27-9-11-28(12-10-27)31(29,30)16-3-4-18(22)17(21)14-16/h3-4,13-14H,5-12H2,1-2H3. The Hall–Kier alpha value is -2.01. The number of rotatable bonds is 4. The van der Waals surface area contributed by atoms with Crippen LogP contribution in [0.4, 0.5) is 16.2 Å². The van der Waals surface area contributed by atoms with Crippen LogP contribution in [0.2, 0.25) is 5.02 Å². The fourth-order valence-corrected chi connectivity index (χ4v) is 5.48. The minimum atomic E-state index is -3.74. The van der Waals surface area contributed by atoms with Crippen LogP contribution in [-0.2, 0) is 10.0 Å². The highest BCUT2D eigenvalue weighted by molar-refractivity contribution is 7.89. The SMILES string of the molecule is Cc1cc(N2CCN(C)CC2)nc(N2CCN(S(=O)(=O)c3ccc(F)c(Cl)c3)CC2)n1. The van der Waals surface area contributed by atoms with Crippen LogP contribution in [0.3, 0.4) is 0 Å². The highest BCUT2D eigenvalue weighted by atomic mass is 35.5. The Bertz CT molecular complexity index is 1050. The van der Waals surface area contributed by atoms with E-state index in [-0.39, 0.29) is 9.92 Å². The van der Waals surface area contributed by atoms with Crippen molar-refractivity contribution in [2.24, 2.45) is 0 Å². The zero-order chi connectivity index (χ0) is 22.2. The van der Waals surface area contributed by atoms with E-state index in [2.05, 4.69) is 21.8 Å². The Morgan fingerprint density at radius 1 is 0.935 bits per heavy atom. The van der Waals surface area contributed by atoms with Crippen LogP contribution in [-0.4, -0.2) is 87.0 Å². The first-order valence-corrected chi connectivity index (χ1v) is 12.1. The van der Waals surface area contributed by atoms with E-state index in [4.69, 9.17) is 16.6 Å². The Kier molecular flexibility index (Phi) is 6.34. The number of hydrogen-bond acceptors (Lipinski definition) is 7. The average Bonchev–Trinajstić information content (AvgIpc) is 2.75. The molecule has 0 aliphatic carbocycles. The highest BCUT2D eigenvalue weighted by Crippen LogP contribution is 2.25. The van der Waals surface area contributed by atoms with Crippen molar-refractivity contribution in [1.29, 1.82) is 0 Å². The molecule has 0 N–H and O–H groups in total. The van der Waals surface area contributed by atoms with Crippen molar-refractivity contribution in [3.8, 4) is 0 Å². The van der Waals surface area contributed by atoms with Crippen molar-refractivity contribution in [3.05, 3.63) is 40.8 Å². The Labute approximate surface area is 187 Å². The summed E-state index contributed by atoms with van der Waals surface area (Å²) in [5, 5.41) is -0.204. The quantitative estimate of drug-likeness (QED) is 0.677. The predicted octanol–water partition coefficient (Wildman–Crippen LogP) is 1.84. The first kappa shape index (κ1) is 22.2. The molecule has 1 aromatic carbocycles. The van der Waals surface area contributed by atoms with Gasteiger partial charge < -0.3 is 14.7 Å². The Morgan fingerprint density at radius 2 is 1.58 bits per heavy atom. The summed E-state index contributed by atoms with van der Waals surface area (Å²) >= 11 is 5.77. The molecule has 2 aliphatic heterocycles. The van der Waals surface area contributed by atoms with Gasteiger partial charge in [0.05, 0.1) is 9.92 Å². The normalized spacial score (nSPS) is 19.1. The average molecular weight is 469 g/mol. The van der Waals surface area contributed by atoms with Crippen molar-refractivity contribution >= 4 is 33.4 Å². The number of anilines is 2. The minimum Gasteiger partial charge on any atom is -0.354 e. The summed E-state index contributed by atoms with van der Waals surface area (Å²) in [4.78, 5) is 15.9. The second-order valence-corrected chi connectivity index (χ2v) is 10.3. The van der Waals surface area contributed by atoms with E-state index in [0.29, 0.717) is 32.1 Å². The second-order valence-electron chi connectivity index (χ2n) is 7.92. The van der Waals surface area contributed by atoms with Gasteiger partial charge in [-0.1, -0.05) is 11.6 Å². The van der Waals surface area contributed by atoms with Crippen molar-refractivity contribution < 1.29 is 12.8 Å². The molecule has 2 fully saturated rings. The van der Waals surface area contributed by atoms with E-state index in [0.717, 1.165) is 49.8 Å². The predicted molar refractivity (Wildman–Crippen MR) is 119 cm³/mol. The van der Waals surface area contributed by atoms with Crippen LogP contribution < -0.4 is 9.80 Å². The first-order valence-electron chi connectivity index (χ1n) is 10.2. The fraction of sp³-hybridized carbons (Fsp3) is 0.500. The molecule has 4 rings (SSSR count). The lowest BCUT2D eigenvalue weighted by molar-refractivity contribution is 0.312. The van der Waals surface area contributed by atoms with Gasteiger partial charge in [-0.05, 0) is 32.2 Å². The lowest BCUT2D eigenvalue weighted by Crippen LogP contribution is -2.49. The largest absolute Gasteiger partial charge is 0.354 e. The number of aromatic nitrogens is 2. The third-order valence-corrected chi connectivity index (χ3v) is 7.89. The third kappa shape index (κ3) is 4.77. The fourth-order valence-electron chi connectivity index (χ4n) is 3.79. The molecular weight excluding hydrogens is 443 g/mol. The lowest BCUT2D eigenvalue weighted by Gasteiger charge is -2.36. The van der Waals surface area contributed by atoms with Gasteiger partial charge in [-0.15, -0.1) is 0 Å². The van der Waals surface area contributed by atoms with Gasteiger partial charge in [-0.3, -0.25) is 0 Å². The van der Waals surface area contributed by atoms with Gasteiger partial charge in [0, 0.05) is 64.1 Å². The number of nitrogens with zero attached hydrogens (tertiary/aromatic N) is 6. The Morgan fingerprint density at radius 3 is 2.23 bits per heavy atom. The number of likely N-dealkylation sites (N-methyl/N-ethyl adjacent to an activating group) is 1. The number of benzene rings is 1. The summed E-state index contributed by atoms with van der Waals surface area (Å²) in [7, 11) is -1.63. The zero-order valence-corrected chi connectivity index (χ0v) is 19.2. The molecule has 2 aliphatic rings. The lowest BCUT2D eigenvalue weighted by atomic mass is 10.3. The number of aryl methyl sites for hydroxylation is 1. The highest BCUT2D eigenvalue weighted by Gasteiger charge is 2.30. The van der Waals surface area contributed by atoms with Crippen LogP contribution in [0.15, 0.2) is 29.2 Å². The number of hydrogen-bond donors (Lipinski definition) is 0. The van der Waals surface area contributed by atoms with Gasteiger partial charge in [-0.2, -0.15) is 9.29 Å². The topological polar surface area (TPSA) is 72.9 Å². The van der Waals surface area contributed by atoms with Crippen molar-refractivity contribution in [3.63, 3.8) is 0 Å². The van der Waals surface area contributed by atoms with Crippen molar-refractivity contribution in [2.45, 2.75) is 11.8 Å². The van der Waals surface area contributed by atoms with Crippen LogP contribution in [0, 0.1) is 12.7 Å². The van der Waals surface area contributed by atoms with Crippen LogP contribution in [0.1, 0.15) is 5.69 Å². The third-order valence-electron chi connectivity index (χ3n) is 5.71. The van der Waals surface area contributed by atoms with Gasteiger partial charge >= 0.3 is 0 Å². The van der Waals surface area contributed by atoms with Gasteiger partial charge in [0.1, 0.15) is 11.6 Å². The monoisotopic (exact) mass is 468 g/mol. The van der Waals surface area contributed by atoms with E-state index in [1.807, 2.05) is 17.9 Å². The minimum absolute atomic E-state index is 0.00323. The molecule has 0 bridgehead atoms. The Balaban J connectivity index is 1.46. The molecule has 0 radical (unpaired) electrons. The molecular formula is C20H26ClFN6O2S.